The molecular formula is C32H38F6O. The highest BCUT2D eigenvalue weighted by atomic mass is 19.4. The molecule has 2 saturated carbocycles. The maximum absolute atomic E-state index is 15.1. The fraction of sp³-hybridized carbons (Fsp3) is 0.562. The van der Waals surface area contributed by atoms with E-state index in [-0.39, 0.29) is 11.7 Å². The Hall–Kier alpha value is -2.44. The van der Waals surface area contributed by atoms with Crippen molar-refractivity contribution in [3.8, 4) is 5.75 Å². The summed E-state index contributed by atoms with van der Waals surface area (Å²) in [6.07, 6.45) is 3.78. The van der Waals surface area contributed by atoms with Gasteiger partial charge in [0, 0.05) is 0 Å². The van der Waals surface area contributed by atoms with Crippen LogP contribution in [0.1, 0.15) is 106 Å². The molecule has 39 heavy (non-hydrogen) atoms. The van der Waals surface area contributed by atoms with Gasteiger partial charge in [0.1, 0.15) is 17.1 Å². The molecule has 2 aliphatic rings. The van der Waals surface area contributed by atoms with Crippen molar-refractivity contribution in [2.24, 2.45) is 17.8 Å². The lowest BCUT2D eigenvalue weighted by atomic mass is 9.77. The first-order valence-electron chi connectivity index (χ1n) is 14.2. The molecule has 2 aromatic rings. The number of alkyl halides is 5. The van der Waals surface area contributed by atoms with Gasteiger partial charge in [-0.1, -0.05) is 69.9 Å². The zero-order chi connectivity index (χ0) is 28.2. The van der Waals surface area contributed by atoms with E-state index in [1.54, 1.807) is 18.2 Å². The molecule has 0 radical (unpaired) electrons. The van der Waals surface area contributed by atoms with Crippen LogP contribution in [0.4, 0.5) is 26.3 Å². The highest BCUT2D eigenvalue weighted by molar-refractivity contribution is 5.57. The van der Waals surface area contributed by atoms with E-state index >= 15 is 13.2 Å². The largest absolute Gasteiger partial charge is 0.429 e. The van der Waals surface area contributed by atoms with Crippen molar-refractivity contribution in [1.82, 2.24) is 0 Å². The van der Waals surface area contributed by atoms with E-state index in [9.17, 15) is 13.2 Å². The molecule has 0 aliphatic heterocycles. The van der Waals surface area contributed by atoms with Crippen LogP contribution in [0, 0.1) is 23.6 Å². The number of ether oxygens (including phenoxy) is 1. The van der Waals surface area contributed by atoms with Crippen molar-refractivity contribution in [3.63, 3.8) is 0 Å². The molecule has 2 aromatic carbocycles. The standard InChI is InChI=1S/C32H38F6O/c1-3-4-22-9-12-24(13-10-22)25-15-18-27(19-16-25)39-32(37,38)28-20-17-26(29(30(28)33)31(34,35)36)14-11-23-7-5-21(2)6-8-23/h11,14-24H,3-10,12-13H2,1-2H3. The van der Waals surface area contributed by atoms with Gasteiger partial charge in [0.05, 0.1) is 5.56 Å². The molecule has 1 nitrogen and oxygen atoms in total. The van der Waals surface area contributed by atoms with Crippen LogP contribution in [0.2, 0.25) is 0 Å². The summed E-state index contributed by atoms with van der Waals surface area (Å²) in [5, 5.41) is 0. The molecule has 0 unspecified atom stereocenters. The Morgan fingerprint density at radius 2 is 1.49 bits per heavy atom. The van der Waals surface area contributed by atoms with Gasteiger partial charge in [0.25, 0.3) is 0 Å². The molecule has 0 spiro atoms. The molecule has 7 heteroatoms. The molecule has 0 heterocycles. The predicted molar refractivity (Wildman–Crippen MR) is 142 cm³/mol. The van der Waals surface area contributed by atoms with Gasteiger partial charge in [-0.05, 0) is 91.5 Å². The number of halogens is 6. The Balaban J connectivity index is 1.50. The van der Waals surface area contributed by atoms with Gasteiger partial charge in [-0.2, -0.15) is 22.0 Å². The summed E-state index contributed by atoms with van der Waals surface area (Å²) < 4.78 is 91.5. The lowest BCUT2D eigenvalue weighted by Gasteiger charge is -2.28. The van der Waals surface area contributed by atoms with E-state index in [1.807, 2.05) is 0 Å². The second-order valence-corrected chi connectivity index (χ2v) is 11.5. The first-order chi connectivity index (χ1) is 18.5. The van der Waals surface area contributed by atoms with Crippen molar-refractivity contribution in [3.05, 3.63) is 70.5 Å². The van der Waals surface area contributed by atoms with Gasteiger partial charge in [-0.15, -0.1) is 0 Å². The summed E-state index contributed by atoms with van der Waals surface area (Å²) >= 11 is 0. The van der Waals surface area contributed by atoms with Crippen LogP contribution in [0.3, 0.4) is 0 Å². The lowest BCUT2D eigenvalue weighted by Crippen LogP contribution is -2.25. The van der Waals surface area contributed by atoms with Crippen LogP contribution >= 0.6 is 0 Å². The van der Waals surface area contributed by atoms with Crippen molar-refractivity contribution in [1.29, 1.82) is 0 Å². The fourth-order valence-electron chi connectivity index (χ4n) is 6.16. The van der Waals surface area contributed by atoms with E-state index in [0.717, 1.165) is 68.9 Å². The topological polar surface area (TPSA) is 9.23 Å². The molecule has 0 aromatic heterocycles. The SMILES string of the molecule is CCCC1CCC(c2ccc(OC(F)(F)c3ccc(C=CC4CCC(C)CC4)c(C(F)(F)F)c3F)cc2)CC1. The molecule has 0 bridgehead atoms. The zero-order valence-corrected chi connectivity index (χ0v) is 22.7. The summed E-state index contributed by atoms with van der Waals surface area (Å²) in [5.74, 6) is -0.497. The summed E-state index contributed by atoms with van der Waals surface area (Å²) in [6, 6.07) is 7.79. The Bertz CT molecular complexity index is 1100. The van der Waals surface area contributed by atoms with Gasteiger partial charge in [0.2, 0.25) is 0 Å². The molecule has 2 aliphatic carbocycles. The smallest absolute Gasteiger partial charge is 0.429 e. The van der Waals surface area contributed by atoms with Crippen molar-refractivity contribution >= 4 is 6.08 Å². The van der Waals surface area contributed by atoms with Gasteiger partial charge < -0.3 is 4.74 Å². The fourth-order valence-corrected chi connectivity index (χ4v) is 6.16. The highest BCUT2D eigenvalue weighted by Gasteiger charge is 2.44. The number of benzene rings is 2. The van der Waals surface area contributed by atoms with E-state index in [1.165, 1.54) is 31.1 Å². The van der Waals surface area contributed by atoms with Gasteiger partial charge in [-0.3, -0.25) is 0 Å². The van der Waals surface area contributed by atoms with Crippen molar-refractivity contribution in [2.45, 2.75) is 96.3 Å². The van der Waals surface area contributed by atoms with E-state index in [4.69, 9.17) is 4.74 Å². The van der Waals surface area contributed by atoms with Gasteiger partial charge in [-0.25, -0.2) is 4.39 Å². The second kappa shape index (κ2) is 12.4. The summed E-state index contributed by atoms with van der Waals surface area (Å²) in [5.41, 5.74) is -2.57. The van der Waals surface area contributed by atoms with Gasteiger partial charge in [0.15, 0.2) is 0 Å². The van der Waals surface area contributed by atoms with Crippen molar-refractivity contribution in [2.75, 3.05) is 0 Å². The van der Waals surface area contributed by atoms with Crippen LogP contribution in [0.5, 0.6) is 5.75 Å². The van der Waals surface area contributed by atoms with Crippen LogP contribution < -0.4 is 4.74 Å². The molecule has 2 fully saturated rings. The summed E-state index contributed by atoms with van der Waals surface area (Å²) in [4.78, 5) is 0. The van der Waals surface area contributed by atoms with E-state index < -0.39 is 34.8 Å². The maximum atomic E-state index is 15.1. The molecule has 214 valence electrons. The number of allylic oxidation sites excluding steroid dienone is 1. The third-order valence-corrected chi connectivity index (χ3v) is 8.52. The Kier molecular flexibility index (Phi) is 9.38. The molecule has 0 amide bonds. The maximum Gasteiger partial charge on any atom is 0.429 e. The highest BCUT2D eigenvalue weighted by Crippen LogP contribution is 2.42. The number of rotatable bonds is 8. The minimum absolute atomic E-state index is 0.0872. The Morgan fingerprint density at radius 3 is 2.08 bits per heavy atom. The monoisotopic (exact) mass is 552 g/mol. The van der Waals surface area contributed by atoms with Crippen LogP contribution in [-0.2, 0) is 12.3 Å². The molecule has 0 N–H and O–H groups in total. The number of hydrogen-bond donors (Lipinski definition) is 0. The van der Waals surface area contributed by atoms with Crippen LogP contribution in [0.25, 0.3) is 6.08 Å². The molecule has 0 saturated heterocycles. The van der Waals surface area contributed by atoms with Crippen molar-refractivity contribution < 1.29 is 31.1 Å². The molecule has 0 atom stereocenters. The average Bonchev–Trinajstić information content (AvgIpc) is 2.88. The van der Waals surface area contributed by atoms with Gasteiger partial charge >= 0.3 is 12.3 Å². The summed E-state index contributed by atoms with van der Waals surface area (Å²) in [7, 11) is 0. The van der Waals surface area contributed by atoms with E-state index in [0.29, 0.717) is 17.9 Å². The Morgan fingerprint density at radius 1 is 0.846 bits per heavy atom. The minimum Gasteiger partial charge on any atom is -0.429 e. The van der Waals surface area contributed by atoms with Crippen LogP contribution in [-0.4, -0.2) is 0 Å². The minimum atomic E-state index is -5.14. The zero-order valence-electron chi connectivity index (χ0n) is 22.7. The second-order valence-electron chi connectivity index (χ2n) is 11.5. The molecular weight excluding hydrogens is 514 g/mol. The first kappa shape index (κ1) is 29.5. The molecule has 4 rings (SSSR count). The number of hydrogen-bond acceptors (Lipinski definition) is 1. The average molecular weight is 553 g/mol. The van der Waals surface area contributed by atoms with E-state index in [2.05, 4.69) is 13.8 Å². The summed E-state index contributed by atoms with van der Waals surface area (Å²) in [6.45, 7) is 4.31. The normalized spacial score (nSPS) is 24.7. The third kappa shape index (κ3) is 7.40. The van der Waals surface area contributed by atoms with Crippen LogP contribution in [0.15, 0.2) is 42.5 Å². The third-order valence-electron chi connectivity index (χ3n) is 8.52. The quantitative estimate of drug-likeness (QED) is 0.296. The Labute approximate surface area is 227 Å². The lowest BCUT2D eigenvalue weighted by molar-refractivity contribution is -0.188. The predicted octanol–water partition coefficient (Wildman–Crippen LogP) is 10.9. The first-order valence-corrected chi connectivity index (χ1v) is 14.2.